The lowest BCUT2D eigenvalue weighted by Gasteiger charge is -2.59. The Morgan fingerprint density at radius 1 is 0.972 bits per heavy atom. The quantitative estimate of drug-likeness (QED) is 0.0224. The van der Waals surface area contributed by atoms with Crippen molar-refractivity contribution < 1.29 is 52.2 Å². The fourth-order valence-corrected chi connectivity index (χ4v) is 11.9. The van der Waals surface area contributed by atoms with Crippen LogP contribution in [0.15, 0.2) is 131 Å². The number of unbranched alkanes of at least 4 members (excludes halogenated alkanes) is 2. The van der Waals surface area contributed by atoms with Crippen LogP contribution < -0.4 is 20.1 Å². The lowest BCUT2D eigenvalue weighted by molar-refractivity contribution is -0.384. The Morgan fingerprint density at radius 2 is 1.69 bits per heavy atom. The van der Waals surface area contributed by atoms with E-state index in [1.807, 2.05) is 37.3 Å². The molecule has 18 heteroatoms. The van der Waals surface area contributed by atoms with Gasteiger partial charge in [-0.2, -0.15) is 4.31 Å². The minimum Gasteiger partial charge on any atom is -0.460 e. The third-order valence-corrected chi connectivity index (χ3v) is 15.2. The molecule has 4 N–H and O–H groups in total. The lowest BCUT2D eigenvalue weighted by atomic mass is 9.55. The highest BCUT2D eigenvalue weighted by Gasteiger charge is 2.66. The number of allylic oxidation sites excluding steroid dienone is 1. The second-order valence-electron chi connectivity index (χ2n) is 18.0. The third kappa shape index (κ3) is 12.2. The number of carbonyl (C=O) groups is 2. The molecule has 2 aliphatic carbocycles. The summed E-state index contributed by atoms with van der Waals surface area (Å²) >= 11 is 0. The highest BCUT2D eigenvalue weighted by atomic mass is 32.2. The zero-order valence-corrected chi connectivity index (χ0v) is 40.9. The number of nitro groups is 1. The van der Waals surface area contributed by atoms with Crippen LogP contribution in [0.5, 0.6) is 11.5 Å². The third-order valence-electron chi connectivity index (χ3n) is 13.3. The molecule has 0 radical (unpaired) electrons. The molecule has 0 bridgehead atoms. The zero-order valence-electron chi connectivity index (χ0n) is 40.1. The van der Waals surface area contributed by atoms with E-state index in [1.165, 1.54) is 47.6 Å². The van der Waals surface area contributed by atoms with Gasteiger partial charge in [0.1, 0.15) is 18.1 Å². The summed E-state index contributed by atoms with van der Waals surface area (Å²) in [5, 5.41) is 41.7. The average molecular weight is 994 g/mol. The summed E-state index contributed by atoms with van der Waals surface area (Å²) in [4.78, 5) is 42.3. The highest BCUT2D eigenvalue weighted by molar-refractivity contribution is 7.89. The summed E-state index contributed by atoms with van der Waals surface area (Å²) in [7, 11) is -4.37. The van der Waals surface area contributed by atoms with Crippen molar-refractivity contribution in [3.05, 3.63) is 148 Å². The number of ether oxygens (including phenoxy) is 3. The van der Waals surface area contributed by atoms with Crippen molar-refractivity contribution in [3.8, 4) is 11.5 Å². The van der Waals surface area contributed by atoms with Gasteiger partial charge in [0.25, 0.3) is 5.69 Å². The molecular formula is C53H63N5O12S. The van der Waals surface area contributed by atoms with Crippen LogP contribution in [0.4, 0.5) is 16.2 Å². The number of oxime groups is 1. The van der Waals surface area contributed by atoms with Gasteiger partial charge >= 0.3 is 6.09 Å². The number of nitrogens with zero attached hydrogens (tertiary/aromatic N) is 3. The van der Waals surface area contributed by atoms with Gasteiger partial charge in [-0.3, -0.25) is 14.9 Å². The number of aliphatic hydroxyl groups is 2. The minimum absolute atomic E-state index is 0.00924. The number of non-ortho nitro benzene ring substituents is 1. The smallest absolute Gasteiger partial charge is 0.412 e. The van der Waals surface area contributed by atoms with E-state index >= 15 is 8.42 Å². The minimum atomic E-state index is -4.37. The van der Waals surface area contributed by atoms with Gasteiger partial charge in [0.05, 0.1) is 34.1 Å². The molecule has 3 aliphatic rings. The second-order valence-corrected chi connectivity index (χ2v) is 19.9. The number of fused-ring (bicyclic) bond motifs is 2. The Morgan fingerprint density at radius 3 is 2.35 bits per heavy atom. The molecule has 0 spiro atoms. The number of aliphatic hydroxyl groups excluding tert-OH is 2. The van der Waals surface area contributed by atoms with Crippen molar-refractivity contribution in [2.45, 2.75) is 101 Å². The van der Waals surface area contributed by atoms with Gasteiger partial charge in [0.2, 0.25) is 21.7 Å². The maximum absolute atomic E-state index is 15.3. The summed E-state index contributed by atoms with van der Waals surface area (Å²) in [5.74, 6) is -2.90. The van der Waals surface area contributed by atoms with Crippen LogP contribution in [0.1, 0.15) is 87.8 Å². The van der Waals surface area contributed by atoms with Gasteiger partial charge in [0.15, 0.2) is 0 Å². The number of carbonyl (C=O) groups excluding carboxylic acids is 2. The van der Waals surface area contributed by atoms with Crippen molar-refractivity contribution in [1.29, 1.82) is 0 Å². The Hall–Kier alpha value is -6.44. The Labute approximate surface area is 414 Å². The predicted octanol–water partition coefficient (Wildman–Crippen LogP) is 8.78. The summed E-state index contributed by atoms with van der Waals surface area (Å²) in [6.07, 6.45) is 7.23. The van der Waals surface area contributed by atoms with E-state index in [9.17, 15) is 29.9 Å². The average Bonchev–Trinajstić information content (AvgIpc) is 3.36. The molecule has 7 rings (SSSR count). The summed E-state index contributed by atoms with van der Waals surface area (Å²) in [6.45, 7) is 7.41. The SMILES string of the molecule is C=CCOC12Oc3ccc(OC(=O)NCc4ccccc4)cc3C3C(CCCCO)C(CCCCO)C=C(C(=NOCc4ccc([N+](=O)[O-])cc4)CC1N(CCC)S(=O)(=O)c1ccc(NC(C)=O)cc1)C32. The van der Waals surface area contributed by atoms with Gasteiger partial charge in [0, 0.05) is 68.9 Å². The van der Waals surface area contributed by atoms with Crippen LogP contribution in [0.25, 0.3) is 0 Å². The van der Waals surface area contributed by atoms with E-state index in [0.717, 1.165) is 11.1 Å². The number of amides is 2. The maximum atomic E-state index is 15.3. The van der Waals surface area contributed by atoms with Crippen LogP contribution in [-0.4, -0.2) is 83.8 Å². The molecule has 6 unspecified atom stereocenters. The Kier molecular flexibility index (Phi) is 17.8. The van der Waals surface area contributed by atoms with E-state index in [2.05, 4.69) is 23.3 Å². The maximum Gasteiger partial charge on any atom is 0.412 e. The van der Waals surface area contributed by atoms with Crippen LogP contribution in [-0.2, 0) is 37.5 Å². The predicted molar refractivity (Wildman–Crippen MR) is 267 cm³/mol. The molecule has 71 heavy (non-hydrogen) atoms. The van der Waals surface area contributed by atoms with E-state index in [1.54, 1.807) is 36.4 Å². The number of anilines is 1. The number of nitro benzene ring substituents is 1. The second kappa shape index (κ2) is 24.1. The molecule has 1 fully saturated rings. The molecule has 0 aromatic heterocycles. The summed E-state index contributed by atoms with van der Waals surface area (Å²) in [5.41, 5.74) is 3.72. The monoisotopic (exact) mass is 993 g/mol. The number of hydrogen-bond acceptors (Lipinski definition) is 13. The first kappa shape index (κ1) is 52.4. The van der Waals surface area contributed by atoms with Crippen molar-refractivity contribution in [3.63, 3.8) is 0 Å². The standard InChI is InChI=1S/C53H63N5O12S/c1-4-27-57(71(65,66)43-24-19-40(20-25-43)55-36(3)61)49-33-47(56-68-35-38-17-21-41(22-18-38)58(63)64)45-31-39(15-9-11-28-59)44(16-10-12-29-60)50-46-32-42(69-52(62)54-34-37-13-7-6-8-14-37)23-26-48(46)70-53(49,51(45)50)67-30-5-2/h5-8,13-14,17-26,31-32,39,44,49-51,59-60H,2,4,9-12,15-16,27-30,33-35H2,1,3H3,(H,54,62)(H,55,61). The molecule has 1 saturated carbocycles. The number of nitrogens with one attached hydrogen (secondary N) is 2. The summed E-state index contributed by atoms with van der Waals surface area (Å²) < 4.78 is 52.3. The number of benzene rings is 4. The number of rotatable bonds is 24. The largest absolute Gasteiger partial charge is 0.460 e. The fourth-order valence-electron chi connectivity index (χ4n) is 10.2. The van der Waals surface area contributed by atoms with Gasteiger partial charge in [-0.05, 0) is 115 Å². The van der Waals surface area contributed by atoms with Crippen LogP contribution >= 0.6 is 0 Å². The first-order valence-corrected chi connectivity index (χ1v) is 25.6. The zero-order chi connectivity index (χ0) is 50.5. The number of sulfonamides is 1. The van der Waals surface area contributed by atoms with Crippen molar-refractivity contribution in [2.24, 2.45) is 22.9 Å². The van der Waals surface area contributed by atoms with Gasteiger partial charge in [-0.15, -0.1) is 6.58 Å². The van der Waals surface area contributed by atoms with E-state index in [-0.39, 0.29) is 80.0 Å². The highest BCUT2D eigenvalue weighted by Crippen LogP contribution is 2.62. The lowest BCUT2D eigenvalue weighted by Crippen LogP contribution is -2.70. The molecule has 2 amide bonds. The fraction of sp³-hybridized carbons (Fsp3) is 0.415. The van der Waals surface area contributed by atoms with E-state index < -0.39 is 44.7 Å². The molecule has 1 heterocycles. The van der Waals surface area contributed by atoms with Gasteiger partial charge in [-0.1, -0.05) is 67.4 Å². The molecule has 17 nitrogen and oxygen atoms in total. The van der Waals surface area contributed by atoms with Crippen molar-refractivity contribution >= 4 is 39.1 Å². The van der Waals surface area contributed by atoms with E-state index in [4.69, 9.17) is 24.2 Å². The Bertz CT molecular complexity index is 2660. The molecular weight excluding hydrogens is 931 g/mol. The van der Waals surface area contributed by atoms with Crippen molar-refractivity contribution in [2.75, 3.05) is 31.7 Å². The van der Waals surface area contributed by atoms with Crippen molar-refractivity contribution in [1.82, 2.24) is 9.62 Å². The van der Waals surface area contributed by atoms with E-state index in [0.29, 0.717) is 73.2 Å². The number of hydrogen-bond donors (Lipinski definition) is 4. The molecule has 4 aromatic carbocycles. The molecule has 378 valence electrons. The summed E-state index contributed by atoms with van der Waals surface area (Å²) in [6, 6.07) is 25.4. The normalized spacial score (nSPS) is 21.8. The van der Waals surface area contributed by atoms with Crippen LogP contribution in [0.3, 0.4) is 0 Å². The first-order valence-electron chi connectivity index (χ1n) is 24.2. The molecule has 6 atom stereocenters. The van der Waals surface area contributed by atoms with Gasteiger partial charge in [-0.25, -0.2) is 13.2 Å². The Balaban J connectivity index is 1.41. The topological polar surface area (TPSA) is 228 Å². The van der Waals surface area contributed by atoms with Crippen LogP contribution in [0.2, 0.25) is 0 Å². The van der Waals surface area contributed by atoms with Crippen LogP contribution in [0, 0.1) is 27.9 Å². The van der Waals surface area contributed by atoms with Gasteiger partial charge < -0.3 is 39.9 Å². The molecule has 4 aromatic rings. The molecule has 1 aliphatic heterocycles. The first-order chi connectivity index (χ1) is 34.3. The molecule has 0 saturated heterocycles.